The van der Waals surface area contributed by atoms with Gasteiger partial charge in [-0.1, -0.05) is 64.7 Å². The molecule has 0 N–H and O–H groups in total. The topological polar surface area (TPSA) is 9.23 Å². The van der Waals surface area contributed by atoms with Gasteiger partial charge < -0.3 is 4.74 Å². The molecule has 0 aromatic rings. The number of hydrogen-bond acceptors (Lipinski definition) is 1. The summed E-state index contributed by atoms with van der Waals surface area (Å²) in [6.07, 6.45) is 13.7. The molecule has 18 heavy (non-hydrogen) atoms. The Balaban J connectivity index is 3.10. The van der Waals surface area contributed by atoms with Gasteiger partial charge in [-0.25, -0.2) is 0 Å². The summed E-state index contributed by atoms with van der Waals surface area (Å²) < 4.78 is 6.49. The van der Waals surface area contributed by atoms with E-state index in [9.17, 15) is 0 Å². The molecule has 0 unspecified atom stereocenters. The summed E-state index contributed by atoms with van der Waals surface area (Å²) in [5.41, 5.74) is 1.21. The predicted octanol–water partition coefficient (Wildman–Crippen LogP) is 6.57. The van der Waals surface area contributed by atoms with Gasteiger partial charge in [0.05, 0.1) is 6.61 Å². The third-order valence-electron chi connectivity index (χ3n) is 3.12. The highest BCUT2D eigenvalue weighted by atomic mass is 79.9. The predicted molar refractivity (Wildman–Crippen MR) is 85.1 cm³/mol. The summed E-state index contributed by atoms with van der Waals surface area (Å²) in [5, 5.41) is 0. The second-order valence-corrected chi connectivity index (χ2v) is 6.02. The highest BCUT2D eigenvalue weighted by Gasteiger charge is 1.96. The zero-order chi connectivity index (χ0) is 13.6. The molecular weight excluding hydrogens is 288 g/mol. The van der Waals surface area contributed by atoms with E-state index in [1.807, 2.05) is 0 Å². The molecule has 1 nitrogen and oxygen atoms in total. The monoisotopic (exact) mass is 318 g/mol. The first-order chi connectivity index (χ1) is 8.68. The molecule has 0 aliphatic rings. The maximum Gasteiger partial charge on any atom is 0.160 e. The van der Waals surface area contributed by atoms with Gasteiger partial charge in [-0.05, 0) is 41.8 Å². The van der Waals surface area contributed by atoms with Crippen molar-refractivity contribution >= 4 is 15.9 Å². The van der Waals surface area contributed by atoms with Crippen LogP contribution in [0.15, 0.2) is 10.2 Å². The van der Waals surface area contributed by atoms with Gasteiger partial charge in [0, 0.05) is 0 Å². The van der Waals surface area contributed by atoms with E-state index in [0.29, 0.717) is 0 Å². The van der Waals surface area contributed by atoms with Crippen LogP contribution >= 0.6 is 15.9 Å². The molecule has 0 bridgehead atoms. The standard InChI is InChI=1S/C16H31BrO/c1-4-5-6-7-8-9-10-11-12-13-14-18-16(17)15(2)3/h4-14H2,1-3H3. The molecule has 2 heteroatoms. The van der Waals surface area contributed by atoms with E-state index in [0.717, 1.165) is 11.3 Å². The minimum atomic E-state index is 0.849. The van der Waals surface area contributed by atoms with Gasteiger partial charge >= 0.3 is 0 Å². The van der Waals surface area contributed by atoms with E-state index in [4.69, 9.17) is 4.74 Å². The van der Waals surface area contributed by atoms with Gasteiger partial charge in [-0.3, -0.25) is 0 Å². The van der Waals surface area contributed by atoms with E-state index in [1.165, 1.54) is 69.8 Å². The first kappa shape index (κ1) is 18.0. The number of allylic oxidation sites excluding steroid dienone is 1. The highest BCUT2D eigenvalue weighted by molar-refractivity contribution is 9.11. The highest BCUT2D eigenvalue weighted by Crippen LogP contribution is 2.14. The Morgan fingerprint density at radius 3 is 1.67 bits per heavy atom. The largest absolute Gasteiger partial charge is 0.487 e. The zero-order valence-electron chi connectivity index (χ0n) is 12.6. The van der Waals surface area contributed by atoms with Crippen LogP contribution in [0.2, 0.25) is 0 Å². The molecule has 0 atom stereocenters. The average molecular weight is 319 g/mol. The van der Waals surface area contributed by atoms with Crippen LogP contribution in [0.4, 0.5) is 0 Å². The normalized spacial score (nSPS) is 10.4. The van der Waals surface area contributed by atoms with Crippen molar-refractivity contribution in [1.82, 2.24) is 0 Å². The van der Waals surface area contributed by atoms with Gasteiger partial charge in [0.15, 0.2) is 4.67 Å². The molecular formula is C16H31BrO. The van der Waals surface area contributed by atoms with Crippen molar-refractivity contribution in [2.45, 2.75) is 85.0 Å². The summed E-state index contributed by atoms with van der Waals surface area (Å²) in [7, 11) is 0. The van der Waals surface area contributed by atoms with Crippen LogP contribution in [-0.4, -0.2) is 6.61 Å². The van der Waals surface area contributed by atoms with Gasteiger partial charge in [-0.15, -0.1) is 0 Å². The Labute approximate surface area is 123 Å². The quantitative estimate of drug-likeness (QED) is 0.292. The second kappa shape index (κ2) is 13.5. The second-order valence-electron chi connectivity index (χ2n) is 5.30. The van der Waals surface area contributed by atoms with Crippen molar-refractivity contribution < 1.29 is 4.74 Å². The van der Waals surface area contributed by atoms with E-state index in [1.54, 1.807) is 0 Å². The van der Waals surface area contributed by atoms with Crippen molar-refractivity contribution in [2.75, 3.05) is 6.61 Å². The summed E-state index contributed by atoms with van der Waals surface area (Å²) in [6.45, 7) is 7.24. The van der Waals surface area contributed by atoms with Crippen molar-refractivity contribution in [3.8, 4) is 0 Å². The van der Waals surface area contributed by atoms with Crippen LogP contribution in [0.1, 0.15) is 85.0 Å². The molecule has 0 aromatic heterocycles. The van der Waals surface area contributed by atoms with Crippen LogP contribution in [0.3, 0.4) is 0 Å². The van der Waals surface area contributed by atoms with Crippen LogP contribution in [0.25, 0.3) is 0 Å². The lowest BCUT2D eigenvalue weighted by atomic mass is 10.1. The van der Waals surface area contributed by atoms with Crippen molar-refractivity contribution in [1.29, 1.82) is 0 Å². The maximum absolute atomic E-state index is 5.57. The Morgan fingerprint density at radius 1 is 0.778 bits per heavy atom. The number of hydrogen-bond donors (Lipinski definition) is 0. The number of unbranched alkanes of at least 4 members (excludes halogenated alkanes) is 9. The van der Waals surface area contributed by atoms with Crippen molar-refractivity contribution in [3.63, 3.8) is 0 Å². The molecule has 0 rings (SSSR count). The summed E-state index contributed by atoms with van der Waals surface area (Å²) in [5.74, 6) is 0. The van der Waals surface area contributed by atoms with Crippen LogP contribution in [0.5, 0.6) is 0 Å². The van der Waals surface area contributed by atoms with E-state index in [-0.39, 0.29) is 0 Å². The molecule has 0 aromatic carbocycles. The molecule has 0 aliphatic carbocycles. The molecule has 0 aliphatic heterocycles. The number of ether oxygens (including phenoxy) is 1. The van der Waals surface area contributed by atoms with Gasteiger partial charge in [0.2, 0.25) is 0 Å². The Morgan fingerprint density at radius 2 is 1.22 bits per heavy atom. The fourth-order valence-electron chi connectivity index (χ4n) is 1.90. The summed E-state index contributed by atoms with van der Waals surface area (Å²) in [4.78, 5) is 0. The van der Waals surface area contributed by atoms with Crippen LogP contribution in [0, 0.1) is 0 Å². The number of halogens is 1. The lowest BCUT2D eigenvalue weighted by Gasteiger charge is -2.06. The maximum atomic E-state index is 5.57. The van der Waals surface area contributed by atoms with Crippen LogP contribution < -0.4 is 0 Å². The fourth-order valence-corrected chi connectivity index (χ4v) is 2.06. The minimum absolute atomic E-state index is 0.849. The Bertz CT molecular complexity index is 207. The molecule has 0 saturated carbocycles. The van der Waals surface area contributed by atoms with Crippen LogP contribution in [-0.2, 0) is 4.74 Å². The van der Waals surface area contributed by atoms with Crippen molar-refractivity contribution in [2.24, 2.45) is 0 Å². The molecule has 0 amide bonds. The summed E-state index contributed by atoms with van der Waals surface area (Å²) >= 11 is 3.42. The third kappa shape index (κ3) is 12.5. The average Bonchev–Trinajstić information content (AvgIpc) is 2.35. The first-order valence-corrected chi connectivity index (χ1v) is 8.43. The Hall–Kier alpha value is 0.0200. The van der Waals surface area contributed by atoms with E-state index >= 15 is 0 Å². The lowest BCUT2D eigenvalue weighted by molar-refractivity contribution is 0.229. The van der Waals surface area contributed by atoms with E-state index in [2.05, 4.69) is 36.7 Å². The fraction of sp³-hybridized carbons (Fsp3) is 0.875. The van der Waals surface area contributed by atoms with Crippen molar-refractivity contribution in [3.05, 3.63) is 10.2 Å². The summed E-state index contributed by atoms with van der Waals surface area (Å²) in [6, 6.07) is 0. The molecule has 0 saturated heterocycles. The molecule has 0 spiro atoms. The molecule has 0 heterocycles. The van der Waals surface area contributed by atoms with Gasteiger partial charge in [0.25, 0.3) is 0 Å². The van der Waals surface area contributed by atoms with E-state index < -0.39 is 0 Å². The molecule has 0 fully saturated rings. The third-order valence-corrected chi connectivity index (χ3v) is 4.14. The number of rotatable bonds is 12. The molecule has 0 radical (unpaired) electrons. The molecule has 108 valence electrons. The lowest BCUT2D eigenvalue weighted by Crippen LogP contribution is -1.92. The SMILES string of the molecule is CCCCCCCCCCCCOC(Br)=C(C)C. The van der Waals surface area contributed by atoms with Gasteiger partial charge in [0.1, 0.15) is 0 Å². The minimum Gasteiger partial charge on any atom is -0.487 e. The smallest absolute Gasteiger partial charge is 0.160 e. The first-order valence-electron chi connectivity index (χ1n) is 7.64. The zero-order valence-corrected chi connectivity index (χ0v) is 14.2. The van der Waals surface area contributed by atoms with Gasteiger partial charge in [-0.2, -0.15) is 0 Å². The Kier molecular flexibility index (Phi) is 13.5.